The highest BCUT2D eigenvalue weighted by Gasteiger charge is 2.73. The molecule has 4 saturated carbocycles. The Morgan fingerprint density at radius 2 is 1.72 bits per heavy atom. The van der Waals surface area contributed by atoms with Gasteiger partial charge in [0.1, 0.15) is 17.4 Å². The van der Waals surface area contributed by atoms with Crippen molar-refractivity contribution >= 4 is 15.9 Å². The molecule has 210 valence electrons. The highest BCUT2D eigenvalue weighted by atomic mass is 32.2. The second kappa shape index (κ2) is 9.34. The van der Waals surface area contributed by atoms with Gasteiger partial charge >= 0.3 is 0 Å². The summed E-state index contributed by atoms with van der Waals surface area (Å²) >= 11 is 0. The number of nitrogens with zero attached hydrogens (tertiary/aromatic N) is 2. The maximum absolute atomic E-state index is 13.9. The zero-order chi connectivity index (χ0) is 26.9. The van der Waals surface area contributed by atoms with E-state index in [2.05, 4.69) is 15.8 Å². The Labute approximate surface area is 226 Å². The van der Waals surface area contributed by atoms with E-state index in [9.17, 15) is 22.0 Å². The molecule has 1 aliphatic heterocycles. The molecule has 5 atom stereocenters. The largest absolute Gasteiger partial charge is 0.360 e. The molecule has 11 heteroatoms. The smallest absolute Gasteiger partial charge is 0.273 e. The van der Waals surface area contributed by atoms with Crippen LogP contribution in [0.4, 0.5) is 8.78 Å². The van der Waals surface area contributed by atoms with E-state index in [-0.39, 0.29) is 36.0 Å². The molecule has 39 heavy (non-hydrogen) atoms. The van der Waals surface area contributed by atoms with Crippen LogP contribution in [0, 0.1) is 29.4 Å². The van der Waals surface area contributed by atoms with Crippen LogP contribution in [0.1, 0.15) is 79.1 Å². The highest BCUT2D eigenvalue weighted by Crippen LogP contribution is 2.69. The van der Waals surface area contributed by atoms with Gasteiger partial charge in [-0.3, -0.25) is 4.79 Å². The third-order valence-corrected chi connectivity index (χ3v) is 12.7. The van der Waals surface area contributed by atoms with E-state index in [1.165, 1.54) is 18.2 Å². The van der Waals surface area contributed by atoms with Gasteiger partial charge in [0.2, 0.25) is 10.0 Å². The summed E-state index contributed by atoms with van der Waals surface area (Å²) in [4.78, 5) is 12.7. The number of carbonyl (C=O) groups excluding carboxylic acids is 1. The van der Waals surface area contributed by atoms with Crippen molar-refractivity contribution in [3.8, 4) is 0 Å². The first-order valence-electron chi connectivity index (χ1n) is 14.2. The van der Waals surface area contributed by atoms with Crippen molar-refractivity contribution in [1.82, 2.24) is 20.1 Å². The van der Waals surface area contributed by atoms with Crippen LogP contribution in [-0.4, -0.2) is 53.7 Å². The van der Waals surface area contributed by atoms with Gasteiger partial charge in [0.05, 0.1) is 4.75 Å². The molecule has 1 amide bonds. The van der Waals surface area contributed by atoms with Gasteiger partial charge in [0, 0.05) is 49.3 Å². The first-order chi connectivity index (χ1) is 18.7. The molecule has 2 aromatic rings. The Bertz CT molecular complexity index is 1350. The Hall–Kier alpha value is -2.37. The molecule has 2 unspecified atom stereocenters. The van der Waals surface area contributed by atoms with Crippen molar-refractivity contribution in [3.63, 3.8) is 0 Å². The van der Waals surface area contributed by atoms with E-state index in [1.54, 1.807) is 10.4 Å². The SMILES string of the molecule is O=C(N[C@@H]1C[C@@H]2CC3(S(=O)(=O)N4CCC(NCc5c(F)cccc5F)CC4)C[C@H](C1)C23)c1cc(C2CC2)on1. The molecule has 0 spiro atoms. The molecular weight excluding hydrogens is 526 g/mol. The van der Waals surface area contributed by atoms with E-state index >= 15 is 0 Å². The van der Waals surface area contributed by atoms with Gasteiger partial charge in [0.25, 0.3) is 5.91 Å². The lowest BCUT2D eigenvalue weighted by Gasteiger charge is -2.70. The zero-order valence-electron chi connectivity index (χ0n) is 21.7. The van der Waals surface area contributed by atoms with Crippen molar-refractivity contribution in [2.45, 2.75) is 80.7 Å². The van der Waals surface area contributed by atoms with Crippen molar-refractivity contribution in [3.05, 3.63) is 52.9 Å². The van der Waals surface area contributed by atoms with Gasteiger partial charge in [-0.1, -0.05) is 11.2 Å². The van der Waals surface area contributed by atoms with Gasteiger partial charge in [-0.2, -0.15) is 0 Å². The van der Waals surface area contributed by atoms with Gasteiger partial charge in [-0.25, -0.2) is 21.5 Å². The molecule has 7 rings (SSSR count). The van der Waals surface area contributed by atoms with Gasteiger partial charge in [-0.05, 0) is 81.3 Å². The lowest BCUT2D eigenvalue weighted by atomic mass is 9.42. The number of halogens is 2. The number of carbonyl (C=O) groups is 1. The Morgan fingerprint density at radius 3 is 2.36 bits per heavy atom. The van der Waals surface area contributed by atoms with Crippen molar-refractivity contribution < 1.29 is 26.5 Å². The van der Waals surface area contributed by atoms with Gasteiger partial charge in [0.15, 0.2) is 5.69 Å². The number of aromatic nitrogens is 1. The summed E-state index contributed by atoms with van der Waals surface area (Å²) in [6, 6.07) is 5.63. The standard InChI is InChI=1S/C28H34F2N4O4S/c29-22-2-1-3-23(30)21(22)15-31-19-6-8-34(9-7-19)39(36,37)28-13-17-10-20(11-18(14-28)26(17)28)32-27(35)24-12-25(38-33-24)16-4-5-16/h1-3,12,16-20,26,31H,4-11,13-15H2,(H,32,35)/t17-,18+,20-,26?,28?. The predicted octanol–water partition coefficient (Wildman–Crippen LogP) is 3.70. The van der Waals surface area contributed by atoms with E-state index in [1.807, 2.05) is 0 Å². The lowest BCUT2D eigenvalue weighted by Crippen LogP contribution is -2.75. The van der Waals surface area contributed by atoms with Crippen LogP contribution >= 0.6 is 0 Å². The molecule has 2 heterocycles. The van der Waals surface area contributed by atoms with Crippen LogP contribution in [0.3, 0.4) is 0 Å². The third-order valence-electron chi connectivity index (χ3n) is 10.0. The molecule has 5 aliphatic rings. The number of hydrogen-bond acceptors (Lipinski definition) is 6. The first kappa shape index (κ1) is 25.6. The number of rotatable bonds is 8. The fraction of sp³-hybridized carbons (Fsp3) is 0.643. The summed E-state index contributed by atoms with van der Waals surface area (Å²) in [5.74, 6) is 0.630. The fourth-order valence-electron chi connectivity index (χ4n) is 7.93. The van der Waals surface area contributed by atoms with Gasteiger partial charge in [-0.15, -0.1) is 0 Å². The van der Waals surface area contributed by atoms with Crippen molar-refractivity contribution in [2.24, 2.45) is 17.8 Å². The molecule has 2 N–H and O–H groups in total. The zero-order valence-corrected chi connectivity index (χ0v) is 22.6. The lowest BCUT2D eigenvalue weighted by molar-refractivity contribution is -0.108. The molecule has 4 aliphatic carbocycles. The minimum atomic E-state index is -3.44. The van der Waals surface area contributed by atoms with E-state index in [0.29, 0.717) is 62.2 Å². The number of piperidine rings is 1. The van der Waals surface area contributed by atoms with Crippen molar-refractivity contribution in [1.29, 1.82) is 0 Å². The first-order valence-corrected chi connectivity index (χ1v) is 15.6. The van der Waals surface area contributed by atoms with Crippen LogP contribution in [0.15, 0.2) is 28.8 Å². The van der Waals surface area contributed by atoms with Crippen LogP contribution in [0.25, 0.3) is 0 Å². The summed E-state index contributed by atoms with van der Waals surface area (Å²) in [6.45, 7) is 0.924. The average molecular weight is 561 g/mol. The minimum absolute atomic E-state index is 0.0142. The maximum Gasteiger partial charge on any atom is 0.273 e. The molecule has 1 aromatic heterocycles. The average Bonchev–Trinajstić information content (AvgIpc) is 3.61. The Kier molecular flexibility index (Phi) is 6.13. The monoisotopic (exact) mass is 560 g/mol. The highest BCUT2D eigenvalue weighted by molar-refractivity contribution is 7.90. The third kappa shape index (κ3) is 4.23. The summed E-state index contributed by atoms with van der Waals surface area (Å²) in [5.41, 5.74) is 0.346. The predicted molar refractivity (Wildman–Crippen MR) is 138 cm³/mol. The van der Waals surface area contributed by atoms with Crippen LogP contribution < -0.4 is 10.6 Å². The van der Waals surface area contributed by atoms with Crippen LogP contribution in [0.2, 0.25) is 0 Å². The quantitative estimate of drug-likeness (QED) is 0.510. The number of benzene rings is 1. The van der Waals surface area contributed by atoms with E-state index in [0.717, 1.165) is 31.4 Å². The number of amides is 1. The number of hydrogen-bond donors (Lipinski definition) is 2. The Morgan fingerprint density at radius 1 is 1.05 bits per heavy atom. The second-order valence-corrected chi connectivity index (χ2v) is 14.6. The molecule has 0 radical (unpaired) electrons. The molecule has 1 saturated heterocycles. The second-order valence-electron chi connectivity index (χ2n) is 12.3. The molecule has 8 nitrogen and oxygen atoms in total. The molecule has 0 bridgehead atoms. The van der Waals surface area contributed by atoms with Crippen LogP contribution in [0.5, 0.6) is 0 Å². The number of nitrogens with one attached hydrogen (secondary N) is 2. The number of sulfonamides is 1. The van der Waals surface area contributed by atoms with E-state index < -0.39 is 26.4 Å². The summed E-state index contributed by atoms with van der Waals surface area (Å²) in [6.07, 6.45) is 6.31. The summed E-state index contributed by atoms with van der Waals surface area (Å²) < 4.78 is 61.8. The maximum atomic E-state index is 13.9. The normalized spacial score (nSPS) is 32.7. The van der Waals surface area contributed by atoms with Crippen molar-refractivity contribution in [2.75, 3.05) is 13.1 Å². The summed E-state index contributed by atoms with van der Waals surface area (Å²) in [7, 11) is -3.44. The van der Waals surface area contributed by atoms with Crippen LogP contribution in [-0.2, 0) is 16.6 Å². The molecular formula is C28H34F2N4O4S. The minimum Gasteiger partial charge on any atom is -0.360 e. The topological polar surface area (TPSA) is 105 Å². The Balaban J connectivity index is 0.920. The summed E-state index contributed by atoms with van der Waals surface area (Å²) in [5, 5.41) is 10.3. The van der Waals surface area contributed by atoms with Gasteiger partial charge < -0.3 is 15.2 Å². The van der Waals surface area contributed by atoms with E-state index in [4.69, 9.17) is 4.52 Å². The molecule has 1 aromatic carbocycles. The fourth-order valence-corrected chi connectivity index (χ4v) is 10.7. The molecule has 5 fully saturated rings.